The molecule has 2 rings (SSSR count). The third-order valence-electron chi connectivity index (χ3n) is 3.46. The van der Waals surface area contributed by atoms with Crippen molar-refractivity contribution < 1.29 is 4.79 Å². The smallest absolute Gasteiger partial charge is 0.267 e. The van der Waals surface area contributed by atoms with Crippen LogP contribution in [0.1, 0.15) is 36.9 Å². The van der Waals surface area contributed by atoms with Crippen molar-refractivity contribution in [1.82, 2.24) is 14.8 Å². The van der Waals surface area contributed by atoms with E-state index in [2.05, 4.69) is 22.1 Å². The molecule has 0 saturated carbocycles. The summed E-state index contributed by atoms with van der Waals surface area (Å²) < 4.78 is 0. The Kier molecular flexibility index (Phi) is 5.41. The molecule has 6 nitrogen and oxygen atoms in total. The zero-order valence-electron chi connectivity index (χ0n) is 13.1. The van der Waals surface area contributed by atoms with Crippen LogP contribution in [-0.4, -0.2) is 59.5 Å². The molecule has 2 heterocycles. The van der Waals surface area contributed by atoms with Crippen molar-refractivity contribution in [1.29, 1.82) is 0 Å². The third kappa shape index (κ3) is 4.07. The molecule has 1 aromatic rings. The zero-order valence-corrected chi connectivity index (χ0v) is 13.9. The summed E-state index contributed by atoms with van der Waals surface area (Å²) in [6.07, 6.45) is 1.15. The highest BCUT2D eigenvalue weighted by atomic mass is 32.1. The fourth-order valence-electron chi connectivity index (χ4n) is 2.43. The van der Waals surface area contributed by atoms with E-state index in [9.17, 15) is 4.79 Å². The summed E-state index contributed by atoms with van der Waals surface area (Å²) in [5, 5.41) is 3.91. The van der Waals surface area contributed by atoms with E-state index < -0.39 is 0 Å². The molecule has 0 aromatic carbocycles. The number of rotatable bonds is 5. The van der Waals surface area contributed by atoms with Crippen LogP contribution in [0.4, 0.5) is 10.9 Å². The van der Waals surface area contributed by atoms with Gasteiger partial charge in [-0.2, -0.15) is 0 Å². The average Bonchev–Trinajstić information content (AvgIpc) is 2.79. The minimum absolute atomic E-state index is 0.0120. The van der Waals surface area contributed by atoms with Gasteiger partial charge in [0.25, 0.3) is 5.91 Å². The predicted octanol–water partition coefficient (Wildman–Crippen LogP) is 1.71. The molecule has 118 valence electrons. The van der Waals surface area contributed by atoms with Gasteiger partial charge < -0.3 is 16.0 Å². The second-order valence-electron chi connectivity index (χ2n) is 5.67. The average molecular weight is 311 g/mol. The maximum Gasteiger partial charge on any atom is 0.267 e. The van der Waals surface area contributed by atoms with E-state index in [0.29, 0.717) is 10.7 Å². The molecule has 0 aliphatic carbocycles. The lowest BCUT2D eigenvalue weighted by atomic mass is 10.3. The number of piperazine rings is 1. The Morgan fingerprint density at radius 1 is 1.38 bits per heavy atom. The van der Waals surface area contributed by atoms with E-state index in [4.69, 9.17) is 5.73 Å². The van der Waals surface area contributed by atoms with Gasteiger partial charge in [0.1, 0.15) is 10.7 Å². The number of aromatic nitrogens is 1. The van der Waals surface area contributed by atoms with Crippen molar-refractivity contribution in [3.8, 4) is 0 Å². The first-order chi connectivity index (χ1) is 10.0. The molecule has 0 atom stereocenters. The Hall–Kier alpha value is -1.34. The summed E-state index contributed by atoms with van der Waals surface area (Å²) in [5.74, 6) is 0.349. The standard InChI is InChI=1S/C14H25N5OS/c1-4-5-18-6-8-19(9-7-18)13(20)11-12(15)17-14(21-11)16-10(2)3/h10H,4-9,15H2,1-3H3,(H,16,17). The number of hydrogen-bond donors (Lipinski definition) is 2. The molecule has 1 saturated heterocycles. The van der Waals surface area contributed by atoms with Crippen LogP contribution in [0.3, 0.4) is 0 Å². The lowest BCUT2D eigenvalue weighted by Crippen LogP contribution is -2.48. The normalized spacial score (nSPS) is 16.5. The first-order valence-corrected chi connectivity index (χ1v) is 8.37. The molecule has 7 heteroatoms. The zero-order chi connectivity index (χ0) is 15.4. The highest BCUT2D eigenvalue weighted by molar-refractivity contribution is 7.18. The van der Waals surface area contributed by atoms with Crippen LogP contribution in [0.25, 0.3) is 0 Å². The molecular weight excluding hydrogens is 286 g/mol. The van der Waals surface area contributed by atoms with Crippen LogP contribution in [-0.2, 0) is 0 Å². The molecule has 1 amide bonds. The Bertz CT molecular complexity index is 480. The number of nitrogen functional groups attached to an aromatic ring is 1. The van der Waals surface area contributed by atoms with Gasteiger partial charge in [-0.3, -0.25) is 9.69 Å². The molecule has 21 heavy (non-hydrogen) atoms. The molecule has 0 bridgehead atoms. The number of carbonyl (C=O) groups is 1. The van der Waals surface area contributed by atoms with E-state index in [1.54, 1.807) is 0 Å². The maximum absolute atomic E-state index is 12.6. The number of anilines is 2. The number of hydrogen-bond acceptors (Lipinski definition) is 6. The van der Waals surface area contributed by atoms with E-state index in [1.165, 1.54) is 11.3 Å². The number of nitrogens with zero attached hydrogens (tertiary/aromatic N) is 3. The Labute approximate surface area is 130 Å². The highest BCUT2D eigenvalue weighted by Gasteiger charge is 2.25. The largest absolute Gasteiger partial charge is 0.382 e. The van der Waals surface area contributed by atoms with Crippen LogP contribution >= 0.6 is 11.3 Å². The number of carbonyl (C=O) groups excluding carboxylic acids is 1. The Morgan fingerprint density at radius 2 is 2.05 bits per heavy atom. The number of nitrogens with one attached hydrogen (secondary N) is 1. The third-order valence-corrected chi connectivity index (χ3v) is 4.45. The van der Waals surface area contributed by atoms with Crippen molar-refractivity contribution in [2.75, 3.05) is 43.8 Å². The number of nitrogens with two attached hydrogens (primary N) is 1. The summed E-state index contributed by atoms with van der Waals surface area (Å²) in [4.78, 5) is 21.6. The topological polar surface area (TPSA) is 74.5 Å². The maximum atomic E-state index is 12.6. The summed E-state index contributed by atoms with van der Waals surface area (Å²) in [5.41, 5.74) is 5.90. The molecule has 0 radical (unpaired) electrons. The van der Waals surface area contributed by atoms with Crippen LogP contribution < -0.4 is 11.1 Å². The molecule has 0 spiro atoms. The van der Waals surface area contributed by atoms with Crippen molar-refractivity contribution in [3.63, 3.8) is 0 Å². The Morgan fingerprint density at radius 3 is 2.62 bits per heavy atom. The molecule has 1 fully saturated rings. The van der Waals surface area contributed by atoms with E-state index in [-0.39, 0.29) is 11.9 Å². The molecule has 0 unspecified atom stereocenters. The monoisotopic (exact) mass is 311 g/mol. The molecule has 3 N–H and O–H groups in total. The summed E-state index contributed by atoms with van der Waals surface area (Å²) in [7, 11) is 0. The SMILES string of the molecule is CCCN1CCN(C(=O)c2sc(NC(C)C)nc2N)CC1. The number of thiazole rings is 1. The van der Waals surface area contributed by atoms with E-state index >= 15 is 0 Å². The van der Waals surface area contributed by atoms with Crippen LogP contribution in [0.5, 0.6) is 0 Å². The van der Waals surface area contributed by atoms with Gasteiger partial charge in [-0.1, -0.05) is 18.3 Å². The van der Waals surface area contributed by atoms with Crippen LogP contribution in [0.2, 0.25) is 0 Å². The van der Waals surface area contributed by atoms with Gasteiger partial charge in [-0.15, -0.1) is 0 Å². The number of amides is 1. The van der Waals surface area contributed by atoms with E-state index in [0.717, 1.165) is 44.3 Å². The van der Waals surface area contributed by atoms with Gasteiger partial charge in [0.15, 0.2) is 5.13 Å². The minimum Gasteiger partial charge on any atom is -0.382 e. The Balaban J connectivity index is 1.99. The molecule has 1 aliphatic rings. The predicted molar refractivity (Wildman–Crippen MR) is 87.9 cm³/mol. The first-order valence-electron chi connectivity index (χ1n) is 7.55. The fourth-order valence-corrected chi connectivity index (χ4v) is 3.43. The van der Waals surface area contributed by atoms with Gasteiger partial charge in [0.05, 0.1) is 0 Å². The lowest BCUT2D eigenvalue weighted by Gasteiger charge is -2.34. The van der Waals surface area contributed by atoms with Crippen molar-refractivity contribution in [2.24, 2.45) is 0 Å². The molecular formula is C14H25N5OS. The van der Waals surface area contributed by atoms with Gasteiger partial charge in [-0.05, 0) is 26.8 Å². The lowest BCUT2D eigenvalue weighted by molar-refractivity contribution is 0.0643. The highest BCUT2D eigenvalue weighted by Crippen LogP contribution is 2.27. The minimum atomic E-state index is 0.0120. The fraction of sp³-hybridized carbons (Fsp3) is 0.714. The molecule has 1 aromatic heterocycles. The van der Waals surface area contributed by atoms with E-state index in [1.807, 2.05) is 18.7 Å². The van der Waals surface area contributed by atoms with Gasteiger partial charge >= 0.3 is 0 Å². The van der Waals surface area contributed by atoms with Crippen molar-refractivity contribution >= 4 is 28.2 Å². The van der Waals surface area contributed by atoms with Crippen LogP contribution in [0.15, 0.2) is 0 Å². The summed E-state index contributed by atoms with van der Waals surface area (Å²) >= 11 is 1.35. The van der Waals surface area contributed by atoms with Gasteiger partial charge in [0.2, 0.25) is 0 Å². The van der Waals surface area contributed by atoms with Crippen molar-refractivity contribution in [2.45, 2.75) is 33.2 Å². The van der Waals surface area contributed by atoms with Crippen molar-refractivity contribution in [3.05, 3.63) is 4.88 Å². The van der Waals surface area contributed by atoms with Gasteiger partial charge in [0, 0.05) is 32.2 Å². The first kappa shape index (κ1) is 16.0. The van der Waals surface area contributed by atoms with Crippen LogP contribution in [0, 0.1) is 0 Å². The second kappa shape index (κ2) is 7.09. The van der Waals surface area contributed by atoms with Gasteiger partial charge in [-0.25, -0.2) is 4.98 Å². The summed E-state index contributed by atoms with van der Waals surface area (Å²) in [6, 6.07) is 0.274. The quantitative estimate of drug-likeness (QED) is 0.866. The second-order valence-corrected chi connectivity index (χ2v) is 6.67. The molecule has 1 aliphatic heterocycles. The summed E-state index contributed by atoms with van der Waals surface area (Å²) in [6.45, 7) is 10.8.